The van der Waals surface area contributed by atoms with Gasteiger partial charge in [-0.3, -0.25) is 0 Å². The first-order valence-corrected chi connectivity index (χ1v) is 8.92. The summed E-state index contributed by atoms with van der Waals surface area (Å²) >= 11 is 0. The molecule has 0 amide bonds. The maximum Gasteiger partial charge on any atom is -0.0104 e. The average Bonchev–Trinajstić information content (AvgIpc) is 2.37. The molecule has 0 spiro atoms. The van der Waals surface area contributed by atoms with Crippen molar-refractivity contribution < 1.29 is 0 Å². The molecule has 120 valence electrons. The van der Waals surface area contributed by atoms with Gasteiger partial charge in [0.1, 0.15) is 0 Å². The fourth-order valence-corrected chi connectivity index (χ4v) is 3.53. The normalized spacial score (nSPS) is 21.1. The largest absolute Gasteiger partial charge is 0.0816 e. The van der Waals surface area contributed by atoms with Crippen LogP contribution in [0.1, 0.15) is 86.5 Å². The number of allylic oxidation sites excluding steroid dienone is 6. The van der Waals surface area contributed by atoms with E-state index in [-0.39, 0.29) is 0 Å². The first kappa shape index (κ1) is 18.3. The SMILES string of the molecule is CCCC(C)CC/C=C(C)/C=C/C1=C(C)CCCC1(C)C. The van der Waals surface area contributed by atoms with E-state index in [4.69, 9.17) is 0 Å². The molecule has 0 heterocycles. The molecule has 0 aromatic rings. The van der Waals surface area contributed by atoms with Crippen molar-refractivity contribution in [3.63, 3.8) is 0 Å². The quantitative estimate of drug-likeness (QED) is 0.433. The van der Waals surface area contributed by atoms with Crippen LogP contribution in [0.5, 0.6) is 0 Å². The van der Waals surface area contributed by atoms with Crippen molar-refractivity contribution in [2.24, 2.45) is 11.3 Å². The molecule has 0 heteroatoms. The third-order valence-electron chi connectivity index (χ3n) is 4.96. The van der Waals surface area contributed by atoms with Gasteiger partial charge in [0.25, 0.3) is 0 Å². The topological polar surface area (TPSA) is 0 Å². The Bertz CT molecular complexity index is 404. The van der Waals surface area contributed by atoms with Gasteiger partial charge in [-0.15, -0.1) is 0 Å². The number of hydrogen-bond acceptors (Lipinski definition) is 0. The van der Waals surface area contributed by atoms with Gasteiger partial charge in [0.15, 0.2) is 0 Å². The molecular formula is C21H36. The molecule has 1 aliphatic rings. The van der Waals surface area contributed by atoms with Gasteiger partial charge in [0, 0.05) is 0 Å². The molecule has 1 atom stereocenters. The summed E-state index contributed by atoms with van der Waals surface area (Å²) < 4.78 is 0. The monoisotopic (exact) mass is 288 g/mol. The van der Waals surface area contributed by atoms with E-state index in [9.17, 15) is 0 Å². The van der Waals surface area contributed by atoms with Crippen LogP contribution in [0.2, 0.25) is 0 Å². The van der Waals surface area contributed by atoms with Gasteiger partial charge in [0.05, 0.1) is 0 Å². The summed E-state index contributed by atoms with van der Waals surface area (Å²) in [6, 6.07) is 0. The highest BCUT2D eigenvalue weighted by atomic mass is 14.3. The Kier molecular flexibility index (Phi) is 7.49. The molecule has 0 aliphatic heterocycles. The summed E-state index contributed by atoms with van der Waals surface area (Å²) in [4.78, 5) is 0. The third-order valence-corrected chi connectivity index (χ3v) is 4.96. The van der Waals surface area contributed by atoms with Crippen LogP contribution in [0.25, 0.3) is 0 Å². The predicted octanol–water partition coefficient (Wildman–Crippen LogP) is 7.23. The molecule has 0 nitrogen and oxygen atoms in total. The van der Waals surface area contributed by atoms with Crippen molar-refractivity contribution in [1.29, 1.82) is 0 Å². The summed E-state index contributed by atoms with van der Waals surface area (Å²) in [5, 5.41) is 0. The Labute approximate surface area is 133 Å². The van der Waals surface area contributed by atoms with Crippen molar-refractivity contribution >= 4 is 0 Å². The summed E-state index contributed by atoms with van der Waals surface area (Å²) in [6.07, 6.45) is 16.3. The van der Waals surface area contributed by atoms with Crippen LogP contribution in [0.15, 0.2) is 34.9 Å². The molecule has 1 rings (SSSR count). The van der Waals surface area contributed by atoms with E-state index in [1.165, 1.54) is 50.5 Å². The molecule has 0 radical (unpaired) electrons. The Balaban J connectivity index is 2.58. The second kappa shape index (κ2) is 8.61. The molecule has 0 aromatic heterocycles. The lowest BCUT2D eigenvalue weighted by molar-refractivity contribution is 0.377. The van der Waals surface area contributed by atoms with E-state index in [0.29, 0.717) is 5.41 Å². The second-order valence-corrected chi connectivity index (χ2v) is 7.68. The Hall–Kier alpha value is -0.780. The van der Waals surface area contributed by atoms with Crippen molar-refractivity contribution in [2.45, 2.75) is 86.5 Å². The van der Waals surface area contributed by atoms with Gasteiger partial charge in [-0.25, -0.2) is 0 Å². The summed E-state index contributed by atoms with van der Waals surface area (Å²) in [5.74, 6) is 0.866. The Morgan fingerprint density at radius 2 is 2.00 bits per heavy atom. The maximum absolute atomic E-state index is 2.41. The molecule has 1 aliphatic carbocycles. The molecule has 0 aromatic carbocycles. The lowest BCUT2D eigenvalue weighted by Crippen LogP contribution is -2.19. The zero-order valence-electron chi connectivity index (χ0n) is 15.3. The second-order valence-electron chi connectivity index (χ2n) is 7.68. The van der Waals surface area contributed by atoms with E-state index in [0.717, 1.165) is 5.92 Å². The van der Waals surface area contributed by atoms with Gasteiger partial charge in [-0.2, -0.15) is 0 Å². The summed E-state index contributed by atoms with van der Waals surface area (Å²) in [5.41, 5.74) is 4.93. The molecule has 0 bridgehead atoms. The van der Waals surface area contributed by atoms with Crippen LogP contribution in [0, 0.1) is 11.3 Å². The van der Waals surface area contributed by atoms with Crippen LogP contribution in [-0.2, 0) is 0 Å². The highest BCUT2D eigenvalue weighted by Gasteiger charge is 2.26. The molecule has 0 fully saturated rings. The molecule has 0 saturated carbocycles. The van der Waals surface area contributed by atoms with Crippen LogP contribution in [0.4, 0.5) is 0 Å². The molecular weight excluding hydrogens is 252 g/mol. The van der Waals surface area contributed by atoms with Gasteiger partial charge >= 0.3 is 0 Å². The predicted molar refractivity (Wildman–Crippen MR) is 96.5 cm³/mol. The van der Waals surface area contributed by atoms with Crippen LogP contribution in [-0.4, -0.2) is 0 Å². The standard InChI is InChI=1S/C21H36/c1-7-10-17(2)11-8-12-18(3)14-15-20-19(4)13-9-16-21(20,5)6/h12,14-15,17H,7-11,13,16H2,1-6H3/b15-14+,18-12+. The van der Waals surface area contributed by atoms with E-state index in [1.54, 1.807) is 11.1 Å². The minimum absolute atomic E-state index is 0.356. The van der Waals surface area contributed by atoms with Crippen molar-refractivity contribution in [1.82, 2.24) is 0 Å². The fraction of sp³-hybridized carbons (Fsp3) is 0.714. The van der Waals surface area contributed by atoms with Gasteiger partial charge < -0.3 is 0 Å². The molecule has 0 saturated heterocycles. The lowest BCUT2D eigenvalue weighted by atomic mass is 9.72. The van der Waals surface area contributed by atoms with Crippen LogP contribution in [0.3, 0.4) is 0 Å². The van der Waals surface area contributed by atoms with E-state index >= 15 is 0 Å². The molecule has 21 heavy (non-hydrogen) atoms. The Morgan fingerprint density at radius 1 is 1.29 bits per heavy atom. The first-order valence-electron chi connectivity index (χ1n) is 8.92. The third kappa shape index (κ3) is 6.24. The smallest absolute Gasteiger partial charge is 0.0104 e. The number of rotatable bonds is 7. The molecule has 0 N–H and O–H groups in total. The van der Waals surface area contributed by atoms with Gasteiger partial charge in [0.2, 0.25) is 0 Å². The van der Waals surface area contributed by atoms with Gasteiger partial charge in [-0.05, 0) is 62.9 Å². The van der Waals surface area contributed by atoms with E-state index < -0.39 is 0 Å². The maximum atomic E-state index is 2.41. The summed E-state index contributed by atoms with van der Waals surface area (Å²) in [6.45, 7) is 14.0. The lowest BCUT2D eigenvalue weighted by Gasteiger charge is -2.32. The average molecular weight is 289 g/mol. The highest BCUT2D eigenvalue weighted by Crippen LogP contribution is 2.40. The van der Waals surface area contributed by atoms with Crippen LogP contribution >= 0.6 is 0 Å². The van der Waals surface area contributed by atoms with Crippen molar-refractivity contribution in [3.05, 3.63) is 34.9 Å². The number of hydrogen-bond donors (Lipinski definition) is 0. The fourth-order valence-electron chi connectivity index (χ4n) is 3.53. The first-order chi connectivity index (χ1) is 9.86. The Morgan fingerprint density at radius 3 is 2.62 bits per heavy atom. The minimum Gasteiger partial charge on any atom is -0.0816 e. The zero-order valence-corrected chi connectivity index (χ0v) is 15.3. The molecule has 1 unspecified atom stereocenters. The summed E-state index contributed by atoms with van der Waals surface area (Å²) in [7, 11) is 0. The van der Waals surface area contributed by atoms with E-state index in [1.807, 2.05) is 0 Å². The van der Waals surface area contributed by atoms with Crippen molar-refractivity contribution in [3.8, 4) is 0 Å². The van der Waals surface area contributed by atoms with E-state index in [2.05, 4.69) is 59.8 Å². The minimum atomic E-state index is 0.356. The van der Waals surface area contributed by atoms with Gasteiger partial charge in [-0.1, -0.05) is 69.9 Å². The highest BCUT2D eigenvalue weighted by molar-refractivity contribution is 5.35. The van der Waals surface area contributed by atoms with Crippen molar-refractivity contribution in [2.75, 3.05) is 0 Å². The zero-order chi connectivity index (χ0) is 15.9. The van der Waals surface area contributed by atoms with Crippen LogP contribution < -0.4 is 0 Å².